The van der Waals surface area contributed by atoms with Crippen LogP contribution in [0.15, 0.2) is 48.5 Å². The monoisotopic (exact) mass is 309 g/mol. The molecule has 3 N–H and O–H groups in total. The third kappa shape index (κ3) is 4.25. The van der Waals surface area contributed by atoms with Gasteiger partial charge in [0.15, 0.2) is 0 Å². The Bertz CT molecular complexity index is 544. The molecule has 1 atom stereocenters. The number of rotatable bonds is 6. The minimum absolute atomic E-state index is 0.219. The molecule has 2 rings (SSSR count). The lowest BCUT2D eigenvalue weighted by Gasteiger charge is -2.24. The Morgan fingerprint density at radius 3 is 2.19 bits per heavy atom. The number of nitrogens with one attached hydrogen (secondary N) is 1. The SMILES string of the molecule is OCC(CO)N[C@H](c1cccc(F)c1)c1cccc(Cl)c1. The standard InChI is InChI=1S/C16H17ClFNO2/c17-13-5-1-3-11(7-13)16(19-15(9-20)10-21)12-4-2-6-14(18)8-12/h1-8,15-16,19-21H,9-10H2/t16-/m0/s1. The quantitative estimate of drug-likeness (QED) is 0.768. The van der Waals surface area contributed by atoms with E-state index in [-0.39, 0.29) is 25.1 Å². The molecule has 0 aromatic heterocycles. The first-order valence-electron chi connectivity index (χ1n) is 6.62. The first-order valence-corrected chi connectivity index (χ1v) is 7.00. The summed E-state index contributed by atoms with van der Waals surface area (Å²) in [5, 5.41) is 22.2. The summed E-state index contributed by atoms with van der Waals surface area (Å²) in [5.74, 6) is -0.342. The minimum atomic E-state index is -0.503. The highest BCUT2D eigenvalue weighted by Crippen LogP contribution is 2.25. The Morgan fingerprint density at radius 2 is 1.62 bits per heavy atom. The average Bonchev–Trinajstić information content (AvgIpc) is 2.48. The van der Waals surface area contributed by atoms with Gasteiger partial charge in [0.25, 0.3) is 0 Å². The van der Waals surface area contributed by atoms with E-state index in [1.165, 1.54) is 12.1 Å². The predicted octanol–water partition coefficient (Wildman–Crippen LogP) is 2.51. The van der Waals surface area contributed by atoms with Gasteiger partial charge in [-0.05, 0) is 35.4 Å². The molecule has 2 aromatic rings. The van der Waals surface area contributed by atoms with Gasteiger partial charge >= 0.3 is 0 Å². The fraction of sp³-hybridized carbons (Fsp3) is 0.250. The fourth-order valence-electron chi connectivity index (χ4n) is 2.16. The van der Waals surface area contributed by atoms with Crippen LogP contribution in [0.2, 0.25) is 5.02 Å². The van der Waals surface area contributed by atoms with Crippen molar-refractivity contribution in [1.29, 1.82) is 0 Å². The molecule has 0 heterocycles. The average molecular weight is 310 g/mol. The Balaban J connectivity index is 2.38. The first kappa shape index (κ1) is 15.9. The van der Waals surface area contributed by atoms with E-state index in [0.717, 1.165) is 5.56 Å². The highest BCUT2D eigenvalue weighted by atomic mass is 35.5. The van der Waals surface area contributed by atoms with Crippen molar-refractivity contribution in [3.8, 4) is 0 Å². The molecule has 0 spiro atoms. The van der Waals surface area contributed by atoms with E-state index in [9.17, 15) is 14.6 Å². The summed E-state index contributed by atoms with van der Waals surface area (Å²) in [7, 11) is 0. The molecule has 0 amide bonds. The summed E-state index contributed by atoms with van der Waals surface area (Å²) < 4.78 is 13.5. The molecule has 0 aliphatic rings. The maximum Gasteiger partial charge on any atom is 0.123 e. The van der Waals surface area contributed by atoms with Crippen LogP contribution in [0.5, 0.6) is 0 Å². The smallest absolute Gasteiger partial charge is 0.123 e. The topological polar surface area (TPSA) is 52.5 Å². The van der Waals surface area contributed by atoms with Crippen molar-refractivity contribution in [3.05, 3.63) is 70.5 Å². The summed E-state index contributed by atoms with van der Waals surface area (Å²) in [5.41, 5.74) is 1.53. The van der Waals surface area contributed by atoms with E-state index < -0.39 is 6.04 Å². The van der Waals surface area contributed by atoms with Gasteiger partial charge in [-0.25, -0.2) is 4.39 Å². The van der Waals surface area contributed by atoms with Crippen LogP contribution in [-0.2, 0) is 0 Å². The molecule has 0 radical (unpaired) electrons. The van der Waals surface area contributed by atoms with Gasteiger partial charge in [-0.2, -0.15) is 0 Å². The summed E-state index contributed by atoms with van der Waals surface area (Å²) in [4.78, 5) is 0. The molecule has 0 fully saturated rings. The van der Waals surface area contributed by atoms with Gasteiger partial charge in [0.05, 0.1) is 25.3 Å². The Hall–Kier alpha value is -1.46. The van der Waals surface area contributed by atoms with Crippen molar-refractivity contribution in [2.24, 2.45) is 0 Å². The largest absolute Gasteiger partial charge is 0.395 e. The molecule has 0 unspecified atom stereocenters. The van der Waals surface area contributed by atoms with Gasteiger partial charge in [0, 0.05) is 5.02 Å². The molecule has 0 saturated carbocycles. The van der Waals surface area contributed by atoms with Gasteiger partial charge in [0.1, 0.15) is 5.82 Å². The number of hydrogen-bond donors (Lipinski definition) is 3. The molecular formula is C16H17ClFNO2. The maximum atomic E-state index is 13.5. The lowest BCUT2D eigenvalue weighted by atomic mass is 9.97. The Labute approximate surface area is 128 Å². The molecule has 21 heavy (non-hydrogen) atoms. The zero-order valence-electron chi connectivity index (χ0n) is 11.3. The summed E-state index contributed by atoms with van der Waals surface area (Å²) in [6, 6.07) is 12.5. The van der Waals surface area contributed by atoms with Crippen molar-refractivity contribution in [1.82, 2.24) is 5.32 Å². The van der Waals surface area contributed by atoms with Gasteiger partial charge in [0.2, 0.25) is 0 Å². The van der Waals surface area contributed by atoms with E-state index in [1.807, 2.05) is 6.07 Å². The fourth-order valence-corrected chi connectivity index (χ4v) is 2.35. The van der Waals surface area contributed by atoms with E-state index in [1.54, 1.807) is 30.3 Å². The minimum Gasteiger partial charge on any atom is -0.395 e. The van der Waals surface area contributed by atoms with Crippen LogP contribution >= 0.6 is 11.6 Å². The molecular weight excluding hydrogens is 293 g/mol. The predicted molar refractivity (Wildman–Crippen MR) is 80.8 cm³/mol. The molecule has 3 nitrogen and oxygen atoms in total. The number of halogens is 2. The first-order chi connectivity index (χ1) is 10.1. The van der Waals surface area contributed by atoms with Crippen LogP contribution in [-0.4, -0.2) is 29.5 Å². The third-order valence-corrected chi connectivity index (χ3v) is 3.44. The van der Waals surface area contributed by atoms with Gasteiger partial charge in [-0.1, -0.05) is 35.9 Å². The van der Waals surface area contributed by atoms with E-state index in [0.29, 0.717) is 10.6 Å². The molecule has 0 bridgehead atoms. The van der Waals surface area contributed by atoms with Crippen LogP contribution in [0.3, 0.4) is 0 Å². The molecule has 5 heteroatoms. The lowest BCUT2D eigenvalue weighted by Crippen LogP contribution is -2.39. The number of hydrogen-bond acceptors (Lipinski definition) is 3. The summed E-state index contributed by atoms with van der Waals surface area (Å²) >= 11 is 6.01. The van der Waals surface area contributed by atoms with Crippen molar-refractivity contribution in [2.45, 2.75) is 12.1 Å². The Kier molecular flexibility index (Phi) is 5.70. The van der Waals surface area contributed by atoms with Gasteiger partial charge in [-0.15, -0.1) is 0 Å². The van der Waals surface area contributed by atoms with E-state index in [2.05, 4.69) is 5.32 Å². The van der Waals surface area contributed by atoms with E-state index >= 15 is 0 Å². The second-order valence-electron chi connectivity index (χ2n) is 4.77. The third-order valence-electron chi connectivity index (χ3n) is 3.21. The van der Waals surface area contributed by atoms with Crippen LogP contribution in [0, 0.1) is 5.82 Å². The summed E-state index contributed by atoms with van der Waals surface area (Å²) in [6.45, 7) is -0.439. The van der Waals surface area contributed by atoms with Crippen molar-refractivity contribution >= 4 is 11.6 Å². The molecule has 0 aliphatic heterocycles. The molecule has 2 aromatic carbocycles. The zero-order valence-corrected chi connectivity index (χ0v) is 12.1. The number of aliphatic hydroxyl groups excluding tert-OH is 2. The lowest BCUT2D eigenvalue weighted by molar-refractivity contribution is 0.165. The van der Waals surface area contributed by atoms with Gasteiger partial charge < -0.3 is 10.2 Å². The molecule has 112 valence electrons. The molecule has 0 aliphatic carbocycles. The van der Waals surface area contributed by atoms with Crippen LogP contribution in [0.25, 0.3) is 0 Å². The van der Waals surface area contributed by atoms with E-state index in [4.69, 9.17) is 11.6 Å². The second kappa shape index (κ2) is 7.52. The summed E-state index contributed by atoms with van der Waals surface area (Å²) in [6.07, 6.45) is 0. The van der Waals surface area contributed by atoms with Crippen molar-refractivity contribution in [3.63, 3.8) is 0 Å². The van der Waals surface area contributed by atoms with Crippen molar-refractivity contribution < 1.29 is 14.6 Å². The van der Waals surface area contributed by atoms with Crippen LogP contribution in [0.4, 0.5) is 4.39 Å². The number of benzene rings is 2. The zero-order chi connectivity index (χ0) is 15.2. The van der Waals surface area contributed by atoms with Gasteiger partial charge in [-0.3, -0.25) is 5.32 Å². The second-order valence-corrected chi connectivity index (χ2v) is 5.21. The Morgan fingerprint density at radius 1 is 1.00 bits per heavy atom. The highest BCUT2D eigenvalue weighted by molar-refractivity contribution is 6.30. The highest BCUT2D eigenvalue weighted by Gasteiger charge is 2.18. The molecule has 0 saturated heterocycles. The normalized spacial score (nSPS) is 12.6. The number of aliphatic hydroxyl groups is 2. The van der Waals surface area contributed by atoms with Crippen molar-refractivity contribution in [2.75, 3.05) is 13.2 Å². The van der Waals surface area contributed by atoms with Crippen LogP contribution in [0.1, 0.15) is 17.2 Å². The maximum absolute atomic E-state index is 13.5. The van der Waals surface area contributed by atoms with Crippen LogP contribution < -0.4 is 5.32 Å².